The molecule has 3 rings (SSSR count). The van der Waals surface area contributed by atoms with Crippen LogP contribution in [0.3, 0.4) is 0 Å². The second kappa shape index (κ2) is 4.20. The van der Waals surface area contributed by atoms with Gasteiger partial charge in [-0.05, 0) is 37.0 Å². The molecule has 0 bridgehead atoms. The molecule has 0 amide bonds. The first-order valence-corrected chi connectivity index (χ1v) is 6.14. The van der Waals surface area contributed by atoms with Gasteiger partial charge in [0, 0.05) is 12.8 Å². The highest BCUT2D eigenvalue weighted by atomic mass is 16.7. The minimum Gasteiger partial charge on any atom is -0.448 e. The number of hydrogen-bond donors (Lipinski definition) is 1. The predicted octanol–water partition coefficient (Wildman–Crippen LogP) is 2.16. The van der Waals surface area contributed by atoms with Crippen LogP contribution in [0.5, 0.6) is 11.5 Å². The van der Waals surface area contributed by atoms with Crippen molar-refractivity contribution in [3.05, 3.63) is 23.8 Å². The minimum atomic E-state index is -0.370. The van der Waals surface area contributed by atoms with Gasteiger partial charge in [-0.1, -0.05) is 6.07 Å². The molecule has 1 saturated carbocycles. The number of fused-ring (bicyclic) bond motifs is 1. The Morgan fingerprint density at radius 2 is 1.94 bits per heavy atom. The van der Waals surface area contributed by atoms with Crippen LogP contribution in [0.4, 0.5) is 0 Å². The number of rotatable bonds is 3. The molecule has 1 aromatic carbocycles. The van der Waals surface area contributed by atoms with Crippen molar-refractivity contribution in [2.24, 2.45) is 5.90 Å². The highest BCUT2D eigenvalue weighted by Gasteiger charge is 2.43. The zero-order valence-corrected chi connectivity index (χ0v) is 9.78. The van der Waals surface area contributed by atoms with Crippen molar-refractivity contribution >= 4 is 0 Å². The van der Waals surface area contributed by atoms with Gasteiger partial charge in [0.2, 0.25) is 0 Å². The van der Waals surface area contributed by atoms with Gasteiger partial charge in [0.15, 0.2) is 11.5 Å². The van der Waals surface area contributed by atoms with E-state index >= 15 is 0 Å². The molecule has 0 saturated heterocycles. The van der Waals surface area contributed by atoms with Gasteiger partial charge in [0.25, 0.3) is 5.79 Å². The minimum absolute atomic E-state index is 0.370. The van der Waals surface area contributed by atoms with Crippen LogP contribution >= 0.6 is 0 Å². The van der Waals surface area contributed by atoms with Crippen molar-refractivity contribution in [2.75, 3.05) is 6.61 Å². The Kier molecular flexibility index (Phi) is 2.68. The van der Waals surface area contributed by atoms with Crippen LogP contribution in [0.25, 0.3) is 0 Å². The summed E-state index contributed by atoms with van der Waals surface area (Å²) in [4.78, 5) is 4.59. The fourth-order valence-electron chi connectivity index (χ4n) is 2.59. The van der Waals surface area contributed by atoms with E-state index in [-0.39, 0.29) is 5.79 Å². The molecule has 17 heavy (non-hydrogen) atoms. The Morgan fingerprint density at radius 3 is 2.71 bits per heavy atom. The van der Waals surface area contributed by atoms with Gasteiger partial charge in [-0.25, -0.2) is 5.90 Å². The molecule has 1 aromatic rings. The van der Waals surface area contributed by atoms with E-state index in [0.29, 0.717) is 6.61 Å². The average Bonchev–Trinajstić information content (AvgIpc) is 2.92. The van der Waals surface area contributed by atoms with Crippen molar-refractivity contribution in [3.63, 3.8) is 0 Å². The van der Waals surface area contributed by atoms with E-state index in [2.05, 4.69) is 4.84 Å². The molecular formula is C13H17NO3. The molecule has 0 atom stereocenters. The molecule has 0 aromatic heterocycles. The summed E-state index contributed by atoms with van der Waals surface area (Å²) in [6.45, 7) is 0.519. The lowest BCUT2D eigenvalue weighted by atomic mass is 10.1. The first-order chi connectivity index (χ1) is 8.31. The Labute approximate surface area is 101 Å². The Hall–Kier alpha value is -1.26. The third kappa shape index (κ3) is 1.98. The Balaban J connectivity index is 1.78. The first-order valence-electron chi connectivity index (χ1n) is 6.14. The van der Waals surface area contributed by atoms with Gasteiger partial charge in [-0.3, -0.25) is 0 Å². The molecule has 0 radical (unpaired) electrons. The summed E-state index contributed by atoms with van der Waals surface area (Å²) in [6, 6.07) is 6.05. The van der Waals surface area contributed by atoms with Crippen molar-refractivity contribution in [2.45, 2.75) is 37.9 Å². The summed E-state index contributed by atoms with van der Waals surface area (Å²) in [7, 11) is 0. The number of hydrogen-bond acceptors (Lipinski definition) is 4. The van der Waals surface area contributed by atoms with Gasteiger partial charge in [-0.15, -0.1) is 0 Å². The van der Waals surface area contributed by atoms with E-state index in [1.54, 1.807) is 0 Å². The van der Waals surface area contributed by atoms with E-state index in [0.717, 1.165) is 36.3 Å². The third-order valence-electron chi connectivity index (χ3n) is 3.47. The molecule has 4 heteroatoms. The average molecular weight is 235 g/mol. The van der Waals surface area contributed by atoms with Gasteiger partial charge < -0.3 is 14.3 Å². The number of nitrogens with two attached hydrogens (primary N) is 1. The molecule has 1 aliphatic carbocycles. The van der Waals surface area contributed by atoms with Crippen LogP contribution in [0, 0.1) is 0 Å². The molecule has 1 fully saturated rings. The van der Waals surface area contributed by atoms with Gasteiger partial charge >= 0.3 is 0 Å². The zero-order chi connectivity index (χ0) is 11.7. The predicted molar refractivity (Wildman–Crippen MR) is 62.7 cm³/mol. The SMILES string of the molecule is NOCCc1ccc2c(c1)OC1(CCCC1)O2. The van der Waals surface area contributed by atoms with Gasteiger partial charge in [-0.2, -0.15) is 0 Å². The molecular weight excluding hydrogens is 218 g/mol. The van der Waals surface area contributed by atoms with Crippen molar-refractivity contribution in [1.29, 1.82) is 0 Å². The second-order valence-corrected chi connectivity index (χ2v) is 4.72. The van der Waals surface area contributed by atoms with Crippen molar-refractivity contribution < 1.29 is 14.3 Å². The number of benzene rings is 1. The summed E-state index contributed by atoms with van der Waals surface area (Å²) in [5.74, 6) is 6.39. The van der Waals surface area contributed by atoms with E-state index < -0.39 is 0 Å². The van der Waals surface area contributed by atoms with Gasteiger partial charge in [0.1, 0.15) is 0 Å². The largest absolute Gasteiger partial charge is 0.448 e. The maximum Gasteiger partial charge on any atom is 0.251 e. The molecule has 2 aliphatic rings. The maximum atomic E-state index is 5.98. The molecule has 4 nitrogen and oxygen atoms in total. The lowest BCUT2D eigenvalue weighted by Gasteiger charge is -2.21. The van der Waals surface area contributed by atoms with Crippen LogP contribution in [0.1, 0.15) is 31.2 Å². The molecule has 0 unspecified atom stereocenters. The lowest BCUT2D eigenvalue weighted by molar-refractivity contribution is -0.0716. The fraction of sp³-hybridized carbons (Fsp3) is 0.538. The molecule has 92 valence electrons. The highest BCUT2D eigenvalue weighted by Crippen LogP contribution is 2.46. The highest BCUT2D eigenvalue weighted by molar-refractivity contribution is 5.46. The summed E-state index contributed by atoms with van der Waals surface area (Å²) in [5, 5.41) is 0. The van der Waals surface area contributed by atoms with E-state index in [4.69, 9.17) is 15.4 Å². The molecule has 1 spiro atoms. The standard InChI is InChI=1S/C13H17NO3/c14-15-8-5-10-3-4-11-12(9-10)17-13(16-11)6-1-2-7-13/h3-4,9H,1-2,5-8,14H2. The third-order valence-corrected chi connectivity index (χ3v) is 3.47. The first kappa shape index (κ1) is 10.9. The Bertz CT molecular complexity index is 413. The lowest BCUT2D eigenvalue weighted by Crippen LogP contribution is -2.34. The maximum absolute atomic E-state index is 5.98. The fourth-order valence-corrected chi connectivity index (χ4v) is 2.59. The summed E-state index contributed by atoms with van der Waals surface area (Å²) in [6.07, 6.45) is 5.13. The Morgan fingerprint density at radius 1 is 1.18 bits per heavy atom. The smallest absolute Gasteiger partial charge is 0.251 e. The van der Waals surface area contributed by atoms with Crippen LogP contribution in [-0.4, -0.2) is 12.4 Å². The molecule has 2 N–H and O–H groups in total. The van der Waals surface area contributed by atoms with Crippen LogP contribution < -0.4 is 15.4 Å². The molecule has 1 heterocycles. The second-order valence-electron chi connectivity index (χ2n) is 4.72. The molecule has 1 aliphatic heterocycles. The van der Waals surface area contributed by atoms with E-state index in [1.807, 2.05) is 18.2 Å². The summed E-state index contributed by atoms with van der Waals surface area (Å²) in [5.41, 5.74) is 1.16. The quantitative estimate of drug-likeness (QED) is 0.816. The normalized spacial score (nSPS) is 20.1. The van der Waals surface area contributed by atoms with Crippen molar-refractivity contribution in [3.8, 4) is 11.5 Å². The van der Waals surface area contributed by atoms with E-state index in [9.17, 15) is 0 Å². The van der Waals surface area contributed by atoms with Gasteiger partial charge in [0.05, 0.1) is 6.61 Å². The number of ether oxygens (including phenoxy) is 2. The van der Waals surface area contributed by atoms with Crippen LogP contribution in [0.15, 0.2) is 18.2 Å². The van der Waals surface area contributed by atoms with Crippen LogP contribution in [-0.2, 0) is 11.3 Å². The van der Waals surface area contributed by atoms with E-state index in [1.165, 1.54) is 12.8 Å². The van der Waals surface area contributed by atoms with Crippen molar-refractivity contribution in [1.82, 2.24) is 0 Å². The monoisotopic (exact) mass is 235 g/mol. The van der Waals surface area contributed by atoms with Crippen LogP contribution in [0.2, 0.25) is 0 Å². The summed E-state index contributed by atoms with van der Waals surface area (Å²) >= 11 is 0. The topological polar surface area (TPSA) is 53.7 Å². The summed E-state index contributed by atoms with van der Waals surface area (Å²) < 4.78 is 11.9. The zero-order valence-electron chi connectivity index (χ0n) is 9.78.